The Morgan fingerprint density at radius 3 is 2.35 bits per heavy atom. The van der Waals surface area contributed by atoms with Gasteiger partial charge in [-0.1, -0.05) is 46.3 Å². The summed E-state index contributed by atoms with van der Waals surface area (Å²) in [4.78, 5) is 0.260. The van der Waals surface area contributed by atoms with Gasteiger partial charge in [0.25, 0.3) is 0 Å². The van der Waals surface area contributed by atoms with E-state index in [0.717, 1.165) is 30.9 Å². The van der Waals surface area contributed by atoms with Gasteiger partial charge in [-0.25, -0.2) is 0 Å². The zero-order valence-electron chi connectivity index (χ0n) is 11.2. The number of ether oxygens (including phenoxy) is 2. The molecule has 0 saturated carbocycles. The van der Waals surface area contributed by atoms with Crippen molar-refractivity contribution < 1.29 is 9.47 Å². The standard InChI is InChI=1S/C17H17BrO2/c18-17(16-7-4-12-19-16)13-8-10-15(11-9-13)20-14-5-2-1-3-6-14/h1-3,5-6,8-11,16-17H,4,7,12H2. The minimum atomic E-state index is 0.260. The van der Waals surface area contributed by atoms with E-state index >= 15 is 0 Å². The number of hydrogen-bond acceptors (Lipinski definition) is 2. The van der Waals surface area contributed by atoms with Gasteiger partial charge in [0.05, 0.1) is 10.9 Å². The van der Waals surface area contributed by atoms with E-state index in [-0.39, 0.29) is 10.9 Å². The molecule has 2 aromatic rings. The summed E-state index contributed by atoms with van der Waals surface area (Å²) in [6.07, 6.45) is 2.57. The van der Waals surface area contributed by atoms with Crippen molar-refractivity contribution in [3.63, 3.8) is 0 Å². The molecule has 0 aromatic heterocycles. The summed E-state index contributed by atoms with van der Waals surface area (Å²) in [7, 11) is 0. The molecule has 0 spiro atoms. The van der Waals surface area contributed by atoms with Gasteiger partial charge in [-0.05, 0) is 42.7 Å². The largest absolute Gasteiger partial charge is 0.457 e. The molecule has 0 N–H and O–H groups in total. The second kappa shape index (κ2) is 6.42. The van der Waals surface area contributed by atoms with Gasteiger partial charge in [0.2, 0.25) is 0 Å². The third-order valence-electron chi connectivity index (χ3n) is 3.47. The lowest BCUT2D eigenvalue weighted by atomic mass is 10.1. The van der Waals surface area contributed by atoms with Crippen molar-refractivity contribution in [3.8, 4) is 11.5 Å². The minimum Gasteiger partial charge on any atom is -0.457 e. The molecular weight excluding hydrogens is 316 g/mol. The van der Waals surface area contributed by atoms with Crippen LogP contribution in [0.4, 0.5) is 0 Å². The average molecular weight is 333 g/mol. The molecule has 104 valence electrons. The van der Waals surface area contributed by atoms with Crippen molar-refractivity contribution >= 4 is 15.9 Å². The van der Waals surface area contributed by atoms with Gasteiger partial charge in [-0.15, -0.1) is 0 Å². The van der Waals surface area contributed by atoms with Crippen molar-refractivity contribution in [1.82, 2.24) is 0 Å². The van der Waals surface area contributed by atoms with E-state index < -0.39 is 0 Å². The van der Waals surface area contributed by atoms with Gasteiger partial charge in [0.1, 0.15) is 11.5 Å². The quantitative estimate of drug-likeness (QED) is 0.725. The second-order valence-electron chi connectivity index (χ2n) is 4.94. The molecule has 1 aliphatic rings. The Balaban J connectivity index is 1.68. The summed E-state index contributed by atoms with van der Waals surface area (Å²) in [5, 5.41) is 0. The fourth-order valence-electron chi connectivity index (χ4n) is 2.39. The van der Waals surface area contributed by atoms with Gasteiger partial charge >= 0.3 is 0 Å². The molecule has 1 aliphatic heterocycles. The number of rotatable bonds is 4. The summed E-state index contributed by atoms with van der Waals surface area (Å²) >= 11 is 3.74. The summed E-state index contributed by atoms with van der Waals surface area (Å²) in [5.41, 5.74) is 1.23. The van der Waals surface area contributed by atoms with E-state index in [1.807, 2.05) is 42.5 Å². The van der Waals surface area contributed by atoms with Crippen LogP contribution in [0.1, 0.15) is 23.2 Å². The molecule has 0 radical (unpaired) electrons. The lowest BCUT2D eigenvalue weighted by Gasteiger charge is -2.17. The SMILES string of the molecule is BrC(c1ccc(Oc2ccccc2)cc1)C1CCCO1. The van der Waals surface area contributed by atoms with E-state index in [1.54, 1.807) is 0 Å². The van der Waals surface area contributed by atoms with E-state index in [2.05, 4.69) is 28.1 Å². The molecule has 20 heavy (non-hydrogen) atoms. The Hall–Kier alpha value is -1.32. The third kappa shape index (κ3) is 3.22. The molecule has 2 nitrogen and oxygen atoms in total. The molecule has 2 atom stereocenters. The van der Waals surface area contributed by atoms with Crippen LogP contribution in [0.25, 0.3) is 0 Å². The maximum absolute atomic E-state index is 5.79. The number of para-hydroxylation sites is 1. The van der Waals surface area contributed by atoms with Crippen LogP contribution in [0.3, 0.4) is 0 Å². The highest BCUT2D eigenvalue weighted by molar-refractivity contribution is 9.09. The first-order chi connectivity index (χ1) is 9.83. The highest BCUT2D eigenvalue weighted by atomic mass is 79.9. The predicted molar refractivity (Wildman–Crippen MR) is 83.6 cm³/mol. The number of hydrogen-bond donors (Lipinski definition) is 0. The first-order valence-electron chi connectivity index (χ1n) is 6.91. The van der Waals surface area contributed by atoms with Gasteiger partial charge in [-0.3, -0.25) is 0 Å². The molecule has 0 amide bonds. The smallest absolute Gasteiger partial charge is 0.127 e. The fourth-order valence-corrected chi connectivity index (χ4v) is 3.11. The van der Waals surface area contributed by atoms with E-state index in [9.17, 15) is 0 Å². The van der Waals surface area contributed by atoms with Crippen LogP contribution in [0.2, 0.25) is 0 Å². The fraction of sp³-hybridized carbons (Fsp3) is 0.294. The lowest BCUT2D eigenvalue weighted by molar-refractivity contribution is 0.110. The Kier molecular flexibility index (Phi) is 4.38. The van der Waals surface area contributed by atoms with E-state index in [0.29, 0.717) is 0 Å². The summed E-state index contributed by atoms with van der Waals surface area (Å²) in [6.45, 7) is 0.877. The van der Waals surface area contributed by atoms with Crippen molar-refractivity contribution in [2.75, 3.05) is 6.61 Å². The van der Waals surface area contributed by atoms with Crippen molar-refractivity contribution in [3.05, 3.63) is 60.2 Å². The maximum Gasteiger partial charge on any atom is 0.127 e. The Labute approximate surface area is 127 Å². The molecule has 1 fully saturated rings. The van der Waals surface area contributed by atoms with Gasteiger partial charge in [-0.2, -0.15) is 0 Å². The highest BCUT2D eigenvalue weighted by Crippen LogP contribution is 2.34. The van der Waals surface area contributed by atoms with Crippen LogP contribution in [-0.4, -0.2) is 12.7 Å². The van der Waals surface area contributed by atoms with E-state index in [1.165, 1.54) is 5.56 Å². The molecule has 2 aromatic carbocycles. The van der Waals surface area contributed by atoms with Crippen LogP contribution < -0.4 is 4.74 Å². The first-order valence-corrected chi connectivity index (χ1v) is 7.83. The van der Waals surface area contributed by atoms with Crippen LogP contribution in [0, 0.1) is 0 Å². The van der Waals surface area contributed by atoms with Crippen LogP contribution in [0.5, 0.6) is 11.5 Å². The molecular formula is C17H17BrO2. The minimum absolute atomic E-state index is 0.260. The van der Waals surface area contributed by atoms with Crippen LogP contribution >= 0.6 is 15.9 Å². The molecule has 1 heterocycles. The molecule has 3 heteroatoms. The van der Waals surface area contributed by atoms with Crippen LogP contribution in [0.15, 0.2) is 54.6 Å². The summed E-state index contributed by atoms with van der Waals surface area (Å²) < 4.78 is 11.5. The molecule has 3 rings (SSSR count). The Morgan fingerprint density at radius 2 is 1.70 bits per heavy atom. The number of alkyl halides is 1. The zero-order chi connectivity index (χ0) is 13.8. The predicted octanol–water partition coefficient (Wildman–Crippen LogP) is 5.09. The topological polar surface area (TPSA) is 18.5 Å². The second-order valence-corrected chi connectivity index (χ2v) is 5.92. The average Bonchev–Trinajstić information content (AvgIpc) is 3.03. The molecule has 1 saturated heterocycles. The Morgan fingerprint density at radius 1 is 1.00 bits per heavy atom. The maximum atomic E-state index is 5.79. The third-order valence-corrected chi connectivity index (χ3v) is 4.59. The Bertz CT molecular complexity index is 533. The summed E-state index contributed by atoms with van der Waals surface area (Å²) in [6, 6.07) is 18.0. The van der Waals surface area contributed by atoms with Crippen molar-refractivity contribution in [1.29, 1.82) is 0 Å². The monoisotopic (exact) mass is 332 g/mol. The van der Waals surface area contributed by atoms with Crippen molar-refractivity contribution in [2.24, 2.45) is 0 Å². The molecule has 0 bridgehead atoms. The first kappa shape index (κ1) is 13.7. The van der Waals surface area contributed by atoms with Gasteiger partial charge in [0.15, 0.2) is 0 Å². The molecule has 2 unspecified atom stereocenters. The summed E-state index contributed by atoms with van der Waals surface area (Å²) in [5.74, 6) is 1.71. The van der Waals surface area contributed by atoms with Crippen molar-refractivity contribution in [2.45, 2.75) is 23.8 Å². The van der Waals surface area contributed by atoms with Gasteiger partial charge in [0, 0.05) is 6.61 Å². The van der Waals surface area contributed by atoms with Crippen LogP contribution in [-0.2, 0) is 4.74 Å². The zero-order valence-corrected chi connectivity index (χ0v) is 12.8. The molecule has 0 aliphatic carbocycles. The highest BCUT2D eigenvalue weighted by Gasteiger charge is 2.24. The van der Waals surface area contributed by atoms with Gasteiger partial charge < -0.3 is 9.47 Å². The van der Waals surface area contributed by atoms with E-state index in [4.69, 9.17) is 9.47 Å². The number of halogens is 1. The lowest BCUT2D eigenvalue weighted by Crippen LogP contribution is -2.12. The normalized spacial score (nSPS) is 19.8. The number of benzene rings is 2.